The number of ether oxygens (including phenoxy) is 1. The van der Waals surface area contributed by atoms with E-state index in [1.54, 1.807) is 24.3 Å². The van der Waals surface area contributed by atoms with E-state index >= 15 is 0 Å². The van der Waals surface area contributed by atoms with Crippen LogP contribution in [0.15, 0.2) is 42.5 Å². The third kappa shape index (κ3) is 5.15. The average Bonchev–Trinajstić information content (AvgIpc) is 2.66. The molecule has 0 bridgehead atoms. The van der Waals surface area contributed by atoms with Gasteiger partial charge in [-0.15, -0.1) is 0 Å². The number of carbonyl (C=O) groups is 1. The maximum atomic E-state index is 13.6. The van der Waals surface area contributed by atoms with Crippen molar-refractivity contribution < 1.29 is 18.3 Å². The lowest BCUT2D eigenvalue weighted by Crippen LogP contribution is -2.40. The highest BCUT2D eigenvalue weighted by atomic mass is 19.1. The Kier molecular flexibility index (Phi) is 5.88. The van der Waals surface area contributed by atoms with E-state index in [0.29, 0.717) is 24.3 Å². The predicted molar refractivity (Wildman–Crippen MR) is 99.3 cm³/mol. The smallest absolute Gasteiger partial charge is 0.251 e. The summed E-state index contributed by atoms with van der Waals surface area (Å²) >= 11 is 0. The third-order valence-corrected chi connectivity index (χ3v) is 4.61. The molecule has 1 atom stereocenters. The molecule has 3 rings (SSSR count). The van der Waals surface area contributed by atoms with Crippen molar-refractivity contribution in [3.05, 3.63) is 70.8 Å². The molecular weight excluding hydrogens is 348 g/mol. The SMILES string of the molecule is CC1(CNC(=O)c2ccc(C#Cc3ccc(F)cc3F)cc2)CCCOC1. The summed E-state index contributed by atoms with van der Waals surface area (Å²) in [4.78, 5) is 12.3. The first-order valence-electron chi connectivity index (χ1n) is 8.88. The van der Waals surface area contributed by atoms with Crippen LogP contribution in [0.3, 0.4) is 0 Å². The monoisotopic (exact) mass is 369 g/mol. The van der Waals surface area contributed by atoms with E-state index in [-0.39, 0.29) is 16.9 Å². The molecule has 1 aliphatic rings. The van der Waals surface area contributed by atoms with Crippen LogP contribution in [-0.2, 0) is 4.74 Å². The Morgan fingerprint density at radius 1 is 1.19 bits per heavy atom. The van der Waals surface area contributed by atoms with Gasteiger partial charge in [-0.1, -0.05) is 18.8 Å². The Bertz CT molecular complexity index is 875. The van der Waals surface area contributed by atoms with Gasteiger partial charge < -0.3 is 10.1 Å². The fourth-order valence-electron chi connectivity index (χ4n) is 2.96. The second-order valence-electron chi connectivity index (χ2n) is 7.10. The molecule has 0 radical (unpaired) electrons. The van der Waals surface area contributed by atoms with E-state index < -0.39 is 11.6 Å². The van der Waals surface area contributed by atoms with Crippen LogP contribution >= 0.6 is 0 Å². The molecule has 0 spiro atoms. The fourth-order valence-corrected chi connectivity index (χ4v) is 2.96. The minimum Gasteiger partial charge on any atom is -0.381 e. The van der Waals surface area contributed by atoms with Gasteiger partial charge in [-0.3, -0.25) is 4.79 Å². The summed E-state index contributed by atoms with van der Waals surface area (Å²) in [6, 6.07) is 10.0. The first kappa shape index (κ1) is 19.1. The van der Waals surface area contributed by atoms with Crippen LogP contribution in [0.4, 0.5) is 8.78 Å². The highest BCUT2D eigenvalue weighted by molar-refractivity contribution is 5.94. The number of carbonyl (C=O) groups excluding carboxylic acids is 1. The molecule has 140 valence electrons. The van der Waals surface area contributed by atoms with E-state index in [0.717, 1.165) is 25.5 Å². The van der Waals surface area contributed by atoms with E-state index in [1.165, 1.54) is 12.1 Å². The number of rotatable bonds is 3. The standard InChI is InChI=1S/C22H21F2NO2/c1-22(11-2-12-27-15-22)14-25-21(26)18-7-4-16(5-8-18)3-6-17-9-10-19(23)13-20(17)24/h4-5,7-10,13H,2,11-12,14-15H2,1H3,(H,25,26). The van der Waals surface area contributed by atoms with Crippen LogP contribution < -0.4 is 5.32 Å². The lowest BCUT2D eigenvalue weighted by Gasteiger charge is -2.33. The number of nitrogens with one attached hydrogen (secondary N) is 1. The van der Waals surface area contributed by atoms with Crippen molar-refractivity contribution in [2.24, 2.45) is 5.41 Å². The second kappa shape index (κ2) is 8.32. The van der Waals surface area contributed by atoms with Crippen LogP contribution in [0.5, 0.6) is 0 Å². The van der Waals surface area contributed by atoms with Crippen LogP contribution in [0, 0.1) is 28.9 Å². The summed E-state index contributed by atoms with van der Waals surface area (Å²) in [5, 5.41) is 2.96. The first-order valence-corrected chi connectivity index (χ1v) is 8.88. The zero-order chi connectivity index (χ0) is 19.3. The Morgan fingerprint density at radius 3 is 2.63 bits per heavy atom. The van der Waals surface area contributed by atoms with E-state index in [4.69, 9.17) is 4.74 Å². The Morgan fingerprint density at radius 2 is 1.96 bits per heavy atom. The summed E-state index contributed by atoms with van der Waals surface area (Å²) in [6.45, 7) is 4.12. The van der Waals surface area contributed by atoms with Gasteiger partial charge >= 0.3 is 0 Å². The summed E-state index contributed by atoms with van der Waals surface area (Å²) in [5.74, 6) is 4.01. The average molecular weight is 369 g/mol. The Labute approximate surface area is 157 Å². The number of benzene rings is 2. The van der Waals surface area contributed by atoms with Crippen molar-refractivity contribution in [2.75, 3.05) is 19.8 Å². The molecule has 1 fully saturated rings. The molecule has 0 aromatic heterocycles. The molecule has 1 aliphatic heterocycles. The van der Waals surface area contributed by atoms with E-state index in [1.807, 2.05) is 0 Å². The lowest BCUT2D eigenvalue weighted by molar-refractivity contribution is 0.00347. The number of amides is 1. The van der Waals surface area contributed by atoms with Crippen LogP contribution in [0.25, 0.3) is 0 Å². The first-order chi connectivity index (χ1) is 13.0. The van der Waals surface area contributed by atoms with Crippen LogP contribution in [0.2, 0.25) is 0 Å². The van der Waals surface area contributed by atoms with Crippen molar-refractivity contribution in [3.63, 3.8) is 0 Å². The highest BCUT2D eigenvalue weighted by Gasteiger charge is 2.28. The molecule has 3 nitrogen and oxygen atoms in total. The van der Waals surface area contributed by atoms with Gasteiger partial charge in [0, 0.05) is 35.8 Å². The molecule has 1 saturated heterocycles. The normalized spacial score (nSPS) is 19.1. The topological polar surface area (TPSA) is 38.3 Å². The van der Waals surface area contributed by atoms with Gasteiger partial charge in [0.1, 0.15) is 11.6 Å². The maximum absolute atomic E-state index is 13.6. The summed E-state index contributed by atoms with van der Waals surface area (Å²) < 4.78 is 32.0. The van der Waals surface area contributed by atoms with E-state index in [9.17, 15) is 13.6 Å². The molecule has 2 aromatic rings. The van der Waals surface area contributed by atoms with Crippen molar-refractivity contribution in [1.29, 1.82) is 0 Å². The molecule has 1 N–H and O–H groups in total. The highest BCUT2D eigenvalue weighted by Crippen LogP contribution is 2.26. The molecule has 1 heterocycles. The van der Waals surface area contributed by atoms with Crippen LogP contribution in [-0.4, -0.2) is 25.7 Å². The summed E-state index contributed by atoms with van der Waals surface area (Å²) in [7, 11) is 0. The second-order valence-corrected chi connectivity index (χ2v) is 7.10. The van der Waals surface area contributed by atoms with Gasteiger partial charge in [-0.25, -0.2) is 8.78 Å². The number of hydrogen-bond donors (Lipinski definition) is 1. The largest absolute Gasteiger partial charge is 0.381 e. The molecular formula is C22H21F2NO2. The zero-order valence-electron chi connectivity index (χ0n) is 15.1. The number of halogens is 2. The molecule has 0 aliphatic carbocycles. The van der Waals surface area contributed by atoms with Crippen molar-refractivity contribution in [3.8, 4) is 11.8 Å². The molecule has 2 aromatic carbocycles. The number of hydrogen-bond acceptors (Lipinski definition) is 2. The van der Waals surface area contributed by atoms with Crippen molar-refractivity contribution in [2.45, 2.75) is 19.8 Å². The minimum absolute atomic E-state index is 0.0292. The molecule has 27 heavy (non-hydrogen) atoms. The quantitative estimate of drug-likeness (QED) is 0.833. The molecule has 5 heteroatoms. The van der Waals surface area contributed by atoms with Crippen LogP contribution in [0.1, 0.15) is 41.3 Å². The van der Waals surface area contributed by atoms with E-state index in [2.05, 4.69) is 24.1 Å². The minimum atomic E-state index is -0.696. The predicted octanol–water partition coefficient (Wildman–Crippen LogP) is 3.91. The maximum Gasteiger partial charge on any atom is 0.251 e. The summed E-state index contributed by atoms with van der Waals surface area (Å²) in [5.41, 5.74) is 1.27. The summed E-state index contributed by atoms with van der Waals surface area (Å²) in [6.07, 6.45) is 2.04. The molecule has 1 amide bonds. The van der Waals surface area contributed by atoms with Crippen molar-refractivity contribution >= 4 is 5.91 Å². The fraction of sp³-hybridized carbons (Fsp3) is 0.318. The van der Waals surface area contributed by atoms with Gasteiger partial charge in [0.2, 0.25) is 0 Å². The van der Waals surface area contributed by atoms with Crippen molar-refractivity contribution in [1.82, 2.24) is 5.32 Å². The van der Waals surface area contributed by atoms with Gasteiger partial charge in [-0.2, -0.15) is 0 Å². The Balaban J connectivity index is 1.61. The molecule has 0 saturated carbocycles. The Hall–Kier alpha value is -2.71. The lowest BCUT2D eigenvalue weighted by atomic mass is 9.85. The zero-order valence-corrected chi connectivity index (χ0v) is 15.1. The van der Waals surface area contributed by atoms with Gasteiger partial charge in [0.05, 0.1) is 12.2 Å². The molecule has 1 unspecified atom stereocenters. The van der Waals surface area contributed by atoms with Gasteiger partial charge in [0.15, 0.2) is 0 Å². The third-order valence-electron chi connectivity index (χ3n) is 4.61. The van der Waals surface area contributed by atoms with Gasteiger partial charge in [-0.05, 0) is 49.2 Å². The van der Waals surface area contributed by atoms with Gasteiger partial charge in [0.25, 0.3) is 5.91 Å².